The first-order valence-electron chi connectivity index (χ1n) is 6.11. The van der Waals surface area contributed by atoms with E-state index in [1.54, 1.807) is 39.7 Å². The average Bonchev–Trinajstić information content (AvgIpc) is 2.72. The van der Waals surface area contributed by atoms with Crippen LogP contribution < -0.4 is 5.69 Å². The molecule has 1 aromatic heterocycles. The van der Waals surface area contributed by atoms with Crippen LogP contribution in [0.4, 0.5) is 0 Å². The van der Waals surface area contributed by atoms with Crippen LogP contribution in [0.25, 0.3) is 0 Å². The highest BCUT2D eigenvalue weighted by Gasteiger charge is 2.08. The number of hydrogen-bond donors (Lipinski definition) is 1. The Morgan fingerprint density at radius 2 is 1.95 bits per heavy atom. The lowest BCUT2D eigenvalue weighted by atomic mass is 10.1. The van der Waals surface area contributed by atoms with E-state index >= 15 is 0 Å². The number of carboxylic acid groups (broad SMARTS) is 1. The fourth-order valence-electron chi connectivity index (χ4n) is 2.00. The van der Waals surface area contributed by atoms with Gasteiger partial charge in [-0.2, -0.15) is 0 Å². The molecule has 0 bridgehead atoms. The number of benzene rings is 1. The summed E-state index contributed by atoms with van der Waals surface area (Å²) in [6.45, 7) is 4.86. The zero-order chi connectivity index (χ0) is 14.0. The molecule has 0 unspecified atom stereocenters. The molecule has 0 radical (unpaired) electrons. The highest BCUT2D eigenvalue weighted by Crippen LogP contribution is 2.12. The normalized spacial score (nSPS) is 10.6. The van der Waals surface area contributed by atoms with Crippen molar-refractivity contribution in [2.75, 3.05) is 0 Å². The van der Waals surface area contributed by atoms with E-state index in [-0.39, 0.29) is 11.3 Å². The molecule has 0 atom stereocenters. The zero-order valence-corrected chi connectivity index (χ0v) is 11.0. The number of carboxylic acids is 1. The summed E-state index contributed by atoms with van der Waals surface area (Å²) in [6.07, 6.45) is 3.50. The van der Waals surface area contributed by atoms with Crippen molar-refractivity contribution in [2.24, 2.45) is 0 Å². The van der Waals surface area contributed by atoms with Crippen molar-refractivity contribution in [1.29, 1.82) is 0 Å². The van der Waals surface area contributed by atoms with Crippen LogP contribution in [-0.4, -0.2) is 20.2 Å². The van der Waals surface area contributed by atoms with Crippen molar-refractivity contribution in [3.8, 4) is 0 Å². The minimum Gasteiger partial charge on any atom is -0.478 e. The maximum Gasteiger partial charge on any atom is 0.335 e. The van der Waals surface area contributed by atoms with Crippen molar-refractivity contribution in [3.05, 3.63) is 57.8 Å². The number of hydrogen-bond acceptors (Lipinski definition) is 2. The minimum atomic E-state index is -0.941. The average molecular weight is 260 g/mol. The van der Waals surface area contributed by atoms with E-state index in [1.807, 2.05) is 13.8 Å². The first-order chi connectivity index (χ1) is 9.02. The van der Waals surface area contributed by atoms with Crippen molar-refractivity contribution in [3.63, 3.8) is 0 Å². The number of nitrogens with zero attached hydrogens (tertiary/aromatic N) is 2. The van der Waals surface area contributed by atoms with Gasteiger partial charge in [-0.15, -0.1) is 0 Å². The largest absolute Gasteiger partial charge is 0.478 e. The van der Waals surface area contributed by atoms with Gasteiger partial charge in [0.05, 0.1) is 12.1 Å². The number of carbonyl (C=O) groups is 1. The van der Waals surface area contributed by atoms with E-state index in [4.69, 9.17) is 5.11 Å². The van der Waals surface area contributed by atoms with Crippen LogP contribution in [0.3, 0.4) is 0 Å². The molecule has 2 rings (SSSR count). The molecule has 0 saturated heterocycles. The lowest BCUT2D eigenvalue weighted by molar-refractivity contribution is 0.0697. The van der Waals surface area contributed by atoms with Crippen LogP contribution >= 0.6 is 0 Å². The summed E-state index contributed by atoms with van der Waals surface area (Å²) < 4.78 is 3.24. The summed E-state index contributed by atoms with van der Waals surface area (Å²) in [7, 11) is 0. The third-order valence-electron chi connectivity index (χ3n) is 3.19. The maximum atomic E-state index is 11.9. The second kappa shape index (κ2) is 5.14. The summed E-state index contributed by atoms with van der Waals surface area (Å²) in [4.78, 5) is 22.8. The Labute approximate surface area is 110 Å². The smallest absolute Gasteiger partial charge is 0.335 e. The van der Waals surface area contributed by atoms with Gasteiger partial charge >= 0.3 is 11.7 Å². The van der Waals surface area contributed by atoms with Gasteiger partial charge in [0.2, 0.25) is 0 Å². The first-order valence-corrected chi connectivity index (χ1v) is 6.11. The Balaban J connectivity index is 2.31. The van der Waals surface area contributed by atoms with Crippen LogP contribution in [0.2, 0.25) is 0 Å². The van der Waals surface area contributed by atoms with Crippen molar-refractivity contribution >= 4 is 5.97 Å². The van der Waals surface area contributed by atoms with Gasteiger partial charge in [-0.05, 0) is 37.1 Å². The molecule has 1 aromatic carbocycles. The molecule has 0 aliphatic carbocycles. The Morgan fingerprint density at radius 3 is 2.47 bits per heavy atom. The van der Waals surface area contributed by atoms with Gasteiger partial charge in [0, 0.05) is 18.9 Å². The standard InChI is InChI=1S/C14H16N2O3/c1-3-15-6-7-16(14(15)19)9-12-5-4-11(13(17)18)8-10(12)2/h4-8H,3,9H2,1-2H3,(H,17,18). The molecule has 0 fully saturated rings. The molecular weight excluding hydrogens is 244 g/mol. The number of aryl methyl sites for hydroxylation is 2. The van der Waals surface area contributed by atoms with Crippen LogP contribution in [0.15, 0.2) is 35.4 Å². The Bertz CT molecular complexity index is 668. The quantitative estimate of drug-likeness (QED) is 0.910. The predicted molar refractivity (Wildman–Crippen MR) is 71.6 cm³/mol. The van der Waals surface area contributed by atoms with Gasteiger partial charge in [0.1, 0.15) is 0 Å². The summed E-state index contributed by atoms with van der Waals surface area (Å²) in [5.41, 5.74) is 2.03. The maximum absolute atomic E-state index is 11.9. The van der Waals surface area contributed by atoms with Crippen LogP contribution in [0, 0.1) is 6.92 Å². The van der Waals surface area contributed by atoms with Crippen LogP contribution in [0.5, 0.6) is 0 Å². The molecule has 19 heavy (non-hydrogen) atoms. The molecule has 5 nitrogen and oxygen atoms in total. The SMILES string of the molecule is CCn1ccn(Cc2ccc(C(=O)O)cc2C)c1=O. The van der Waals surface area contributed by atoms with E-state index in [9.17, 15) is 9.59 Å². The highest BCUT2D eigenvalue weighted by atomic mass is 16.4. The summed E-state index contributed by atoms with van der Waals surface area (Å²) >= 11 is 0. The fraction of sp³-hybridized carbons (Fsp3) is 0.286. The third-order valence-corrected chi connectivity index (χ3v) is 3.19. The van der Waals surface area contributed by atoms with Crippen molar-refractivity contribution < 1.29 is 9.90 Å². The number of aromatic carboxylic acids is 1. The zero-order valence-electron chi connectivity index (χ0n) is 11.0. The van der Waals surface area contributed by atoms with E-state index in [0.29, 0.717) is 13.1 Å². The molecule has 2 aromatic rings. The van der Waals surface area contributed by atoms with Gasteiger partial charge in [-0.3, -0.25) is 9.13 Å². The number of rotatable bonds is 4. The summed E-state index contributed by atoms with van der Waals surface area (Å²) in [5, 5.41) is 8.91. The fourth-order valence-corrected chi connectivity index (χ4v) is 2.00. The Hall–Kier alpha value is -2.30. The molecule has 0 aliphatic rings. The van der Waals surface area contributed by atoms with Gasteiger partial charge in [0.15, 0.2) is 0 Å². The molecule has 1 N–H and O–H groups in total. The van der Waals surface area contributed by atoms with E-state index < -0.39 is 5.97 Å². The molecule has 0 aliphatic heterocycles. The van der Waals surface area contributed by atoms with Crippen LogP contribution in [0.1, 0.15) is 28.4 Å². The number of imidazole rings is 1. The van der Waals surface area contributed by atoms with Gasteiger partial charge < -0.3 is 5.11 Å². The third kappa shape index (κ3) is 2.59. The molecule has 100 valence electrons. The van der Waals surface area contributed by atoms with Crippen molar-refractivity contribution in [2.45, 2.75) is 26.9 Å². The molecule has 1 heterocycles. The topological polar surface area (TPSA) is 64.2 Å². The monoisotopic (exact) mass is 260 g/mol. The van der Waals surface area contributed by atoms with Gasteiger partial charge in [-0.25, -0.2) is 9.59 Å². The van der Waals surface area contributed by atoms with Gasteiger partial charge in [0.25, 0.3) is 0 Å². The highest BCUT2D eigenvalue weighted by molar-refractivity contribution is 5.87. The predicted octanol–water partition coefficient (Wildman–Crippen LogP) is 1.72. The van der Waals surface area contributed by atoms with Gasteiger partial charge in [-0.1, -0.05) is 6.07 Å². The Morgan fingerprint density at radius 1 is 1.26 bits per heavy atom. The molecule has 0 spiro atoms. The molecule has 0 saturated carbocycles. The number of aromatic nitrogens is 2. The second-order valence-electron chi connectivity index (χ2n) is 4.44. The summed E-state index contributed by atoms with van der Waals surface area (Å²) in [6, 6.07) is 4.94. The lowest BCUT2D eigenvalue weighted by Crippen LogP contribution is -2.24. The van der Waals surface area contributed by atoms with E-state index in [0.717, 1.165) is 11.1 Å². The minimum absolute atomic E-state index is 0.0517. The molecule has 0 amide bonds. The molecule has 5 heteroatoms. The van der Waals surface area contributed by atoms with Crippen molar-refractivity contribution in [1.82, 2.24) is 9.13 Å². The van der Waals surface area contributed by atoms with E-state index in [1.165, 1.54) is 0 Å². The molecular formula is C14H16N2O3. The first kappa shape index (κ1) is 13.1. The second-order valence-corrected chi connectivity index (χ2v) is 4.44. The Kier molecular flexibility index (Phi) is 3.55. The lowest BCUT2D eigenvalue weighted by Gasteiger charge is -2.07. The summed E-state index contributed by atoms with van der Waals surface area (Å²) in [5.74, 6) is -0.941. The van der Waals surface area contributed by atoms with E-state index in [2.05, 4.69) is 0 Å². The van der Waals surface area contributed by atoms with Crippen LogP contribution in [-0.2, 0) is 13.1 Å².